The van der Waals surface area contributed by atoms with Gasteiger partial charge in [0.25, 0.3) is 5.91 Å². The Labute approximate surface area is 140 Å². The van der Waals surface area contributed by atoms with E-state index in [2.05, 4.69) is 32.2 Å². The van der Waals surface area contributed by atoms with Crippen molar-refractivity contribution in [3.63, 3.8) is 0 Å². The minimum Gasteiger partial charge on any atom is -0.459 e. The highest BCUT2D eigenvalue weighted by Gasteiger charge is 2.32. The van der Waals surface area contributed by atoms with E-state index in [4.69, 9.17) is 4.42 Å². The second-order valence-electron chi connectivity index (χ2n) is 7.06. The molecule has 1 unspecified atom stereocenters. The average molecular weight is 328 g/mol. The molecule has 0 radical (unpaired) electrons. The zero-order valence-corrected chi connectivity index (χ0v) is 14.4. The summed E-state index contributed by atoms with van der Waals surface area (Å²) in [4.78, 5) is 13.4. The third-order valence-electron chi connectivity index (χ3n) is 4.57. The Balaban J connectivity index is 1.88. The lowest BCUT2D eigenvalue weighted by molar-refractivity contribution is 0.0997. The average Bonchev–Trinajstić information content (AvgIpc) is 3.12. The normalized spacial score (nSPS) is 17.4. The van der Waals surface area contributed by atoms with Crippen molar-refractivity contribution in [2.24, 2.45) is 11.3 Å². The van der Waals surface area contributed by atoms with Gasteiger partial charge in [-0.15, -0.1) is 11.3 Å². The lowest BCUT2D eigenvalue weighted by Gasteiger charge is -2.33. The molecule has 4 nitrogen and oxygen atoms in total. The Morgan fingerprint density at radius 1 is 1.48 bits per heavy atom. The molecular weight excluding hydrogens is 308 g/mol. The van der Waals surface area contributed by atoms with Gasteiger partial charge in [-0.2, -0.15) is 5.26 Å². The van der Waals surface area contributed by atoms with E-state index in [-0.39, 0.29) is 17.1 Å². The van der Waals surface area contributed by atoms with Gasteiger partial charge in [0, 0.05) is 4.88 Å². The molecule has 2 aromatic heterocycles. The zero-order chi connectivity index (χ0) is 16.6. The van der Waals surface area contributed by atoms with Gasteiger partial charge in [-0.1, -0.05) is 20.8 Å². The fourth-order valence-corrected chi connectivity index (χ4v) is 4.38. The second kappa shape index (κ2) is 5.86. The molecule has 0 spiro atoms. The number of carbonyl (C=O) groups is 1. The number of fused-ring (bicyclic) bond motifs is 1. The highest BCUT2D eigenvalue weighted by atomic mass is 32.1. The van der Waals surface area contributed by atoms with Gasteiger partial charge < -0.3 is 9.73 Å². The van der Waals surface area contributed by atoms with E-state index in [0.717, 1.165) is 24.8 Å². The molecule has 2 heterocycles. The number of nitriles is 1. The summed E-state index contributed by atoms with van der Waals surface area (Å²) in [6.45, 7) is 6.79. The lowest BCUT2D eigenvalue weighted by Crippen LogP contribution is -2.26. The van der Waals surface area contributed by atoms with Crippen molar-refractivity contribution in [1.29, 1.82) is 5.26 Å². The van der Waals surface area contributed by atoms with Crippen LogP contribution in [0, 0.1) is 22.7 Å². The number of amides is 1. The van der Waals surface area contributed by atoms with E-state index in [9.17, 15) is 10.1 Å². The second-order valence-corrected chi connectivity index (χ2v) is 8.16. The van der Waals surface area contributed by atoms with Gasteiger partial charge in [0.2, 0.25) is 0 Å². The first-order valence-corrected chi connectivity index (χ1v) is 8.61. The highest BCUT2D eigenvalue weighted by Crippen LogP contribution is 2.44. The number of nitrogens with zero attached hydrogens (tertiary/aromatic N) is 1. The molecule has 1 aliphatic carbocycles. The van der Waals surface area contributed by atoms with Crippen molar-refractivity contribution in [3.05, 3.63) is 40.2 Å². The smallest absolute Gasteiger partial charge is 0.291 e. The molecule has 2 aromatic rings. The zero-order valence-electron chi connectivity index (χ0n) is 13.6. The first-order valence-electron chi connectivity index (χ1n) is 7.79. The first kappa shape index (κ1) is 15.8. The predicted molar refractivity (Wildman–Crippen MR) is 90.7 cm³/mol. The maximum Gasteiger partial charge on any atom is 0.291 e. The number of furan rings is 1. The van der Waals surface area contributed by atoms with Gasteiger partial charge in [-0.25, -0.2) is 0 Å². The molecule has 0 saturated heterocycles. The van der Waals surface area contributed by atoms with Gasteiger partial charge in [0.1, 0.15) is 11.1 Å². The van der Waals surface area contributed by atoms with Crippen LogP contribution in [0.3, 0.4) is 0 Å². The van der Waals surface area contributed by atoms with E-state index in [1.54, 1.807) is 12.1 Å². The molecule has 0 bridgehead atoms. The van der Waals surface area contributed by atoms with E-state index >= 15 is 0 Å². The van der Waals surface area contributed by atoms with Crippen LogP contribution < -0.4 is 5.32 Å². The summed E-state index contributed by atoms with van der Waals surface area (Å²) in [5, 5.41) is 13.0. The number of anilines is 1. The van der Waals surface area contributed by atoms with E-state index < -0.39 is 0 Å². The predicted octanol–water partition coefficient (Wildman–Crippen LogP) is 4.62. The van der Waals surface area contributed by atoms with E-state index in [1.165, 1.54) is 22.5 Å². The Morgan fingerprint density at radius 2 is 2.26 bits per heavy atom. The summed E-state index contributed by atoms with van der Waals surface area (Å²) in [5.74, 6) is 0.555. The summed E-state index contributed by atoms with van der Waals surface area (Å²) in [7, 11) is 0. The van der Waals surface area contributed by atoms with Gasteiger partial charge in [0.05, 0.1) is 11.8 Å². The summed E-state index contributed by atoms with van der Waals surface area (Å²) in [6, 6.07) is 5.56. The molecule has 23 heavy (non-hydrogen) atoms. The topological polar surface area (TPSA) is 66.0 Å². The van der Waals surface area contributed by atoms with Crippen LogP contribution in [0.15, 0.2) is 22.8 Å². The Kier molecular flexibility index (Phi) is 4.03. The fraction of sp³-hybridized carbons (Fsp3) is 0.444. The van der Waals surface area contributed by atoms with Crippen LogP contribution in [0.1, 0.15) is 53.8 Å². The summed E-state index contributed by atoms with van der Waals surface area (Å²) < 4.78 is 5.11. The maximum absolute atomic E-state index is 12.2. The van der Waals surface area contributed by atoms with Crippen molar-refractivity contribution in [2.45, 2.75) is 40.0 Å². The highest BCUT2D eigenvalue weighted by molar-refractivity contribution is 7.16. The van der Waals surface area contributed by atoms with Crippen molar-refractivity contribution >= 4 is 22.2 Å². The largest absolute Gasteiger partial charge is 0.459 e. The molecule has 1 N–H and O–H groups in total. The standard InChI is InChI=1S/C18H20N2O2S/c1-18(2,3)11-6-7-12-13(10-19)17(23-15(12)9-11)20-16(21)14-5-4-8-22-14/h4-5,8,11H,6-7,9H2,1-3H3,(H,20,21). The van der Waals surface area contributed by atoms with Crippen molar-refractivity contribution in [2.75, 3.05) is 5.32 Å². The lowest BCUT2D eigenvalue weighted by atomic mass is 9.72. The Hall–Kier alpha value is -2.06. The minimum absolute atomic E-state index is 0.256. The van der Waals surface area contributed by atoms with Crippen LogP contribution >= 0.6 is 11.3 Å². The van der Waals surface area contributed by atoms with Crippen LogP contribution in [-0.2, 0) is 12.8 Å². The molecule has 5 heteroatoms. The third kappa shape index (κ3) is 3.04. The molecule has 120 valence electrons. The summed E-state index contributed by atoms with van der Waals surface area (Å²) >= 11 is 1.54. The molecule has 0 fully saturated rings. The van der Waals surface area contributed by atoms with Crippen LogP contribution in [0.25, 0.3) is 0 Å². The molecule has 1 atom stereocenters. The molecule has 1 aliphatic rings. The Morgan fingerprint density at radius 3 is 2.87 bits per heavy atom. The first-order chi connectivity index (χ1) is 10.9. The molecular formula is C18H20N2O2S. The van der Waals surface area contributed by atoms with Crippen molar-refractivity contribution in [1.82, 2.24) is 0 Å². The van der Waals surface area contributed by atoms with Gasteiger partial charge in [-0.3, -0.25) is 4.79 Å². The van der Waals surface area contributed by atoms with Gasteiger partial charge in [0.15, 0.2) is 5.76 Å². The summed E-state index contributed by atoms with van der Waals surface area (Å²) in [6.07, 6.45) is 4.45. The van der Waals surface area contributed by atoms with E-state index in [0.29, 0.717) is 16.5 Å². The molecule has 0 aromatic carbocycles. The quantitative estimate of drug-likeness (QED) is 0.875. The third-order valence-corrected chi connectivity index (χ3v) is 5.74. The number of nitrogens with one attached hydrogen (secondary N) is 1. The molecule has 0 saturated carbocycles. The van der Waals surface area contributed by atoms with E-state index in [1.807, 2.05) is 0 Å². The number of rotatable bonds is 2. The van der Waals surface area contributed by atoms with Crippen molar-refractivity contribution in [3.8, 4) is 6.07 Å². The molecule has 3 rings (SSSR count). The molecule has 0 aliphatic heterocycles. The van der Waals surface area contributed by atoms with Crippen LogP contribution in [0.5, 0.6) is 0 Å². The van der Waals surface area contributed by atoms with Crippen LogP contribution in [-0.4, -0.2) is 5.91 Å². The number of hydrogen-bond acceptors (Lipinski definition) is 4. The SMILES string of the molecule is CC(C)(C)C1CCc2c(sc(NC(=O)c3ccco3)c2C#N)C1. The summed E-state index contributed by atoms with van der Waals surface area (Å²) in [5.41, 5.74) is 2.00. The van der Waals surface area contributed by atoms with Crippen LogP contribution in [0.4, 0.5) is 5.00 Å². The van der Waals surface area contributed by atoms with Gasteiger partial charge >= 0.3 is 0 Å². The Bertz CT molecular complexity index is 760. The van der Waals surface area contributed by atoms with Crippen LogP contribution in [0.2, 0.25) is 0 Å². The van der Waals surface area contributed by atoms with Gasteiger partial charge in [-0.05, 0) is 48.3 Å². The number of hydrogen-bond donors (Lipinski definition) is 1. The fourth-order valence-electron chi connectivity index (χ4n) is 3.10. The maximum atomic E-state index is 12.2. The molecule has 1 amide bonds. The monoisotopic (exact) mass is 328 g/mol. The van der Waals surface area contributed by atoms with Crippen molar-refractivity contribution < 1.29 is 9.21 Å². The number of carbonyl (C=O) groups excluding carboxylic acids is 1. The minimum atomic E-state index is -0.308. The number of thiophene rings is 1.